The average Bonchev–Trinajstić information content (AvgIpc) is 3.63. The minimum atomic E-state index is 0.911. The number of anilines is 3. The van der Waals surface area contributed by atoms with E-state index in [1.54, 1.807) is 0 Å². The van der Waals surface area contributed by atoms with Crippen molar-refractivity contribution in [3.63, 3.8) is 0 Å². The number of furan rings is 1. The topological polar surface area (TPSA) is 16.4 Å². The van der Waals surface area contributed by atoms with Crippen molar-refractivity contribution in [2.45, 2.75) is 0 Å². The summed E-state index contributed by atoms with van der Waals surface area (Å²) >= 11 is 1.85. The van der Waals surface area contributed by atoms with Crippen LogP contribution in [-0.4, -0.2) is 0 Å². The van der Waals surface area contributed by atoms with E-state index in [-0.39, 0.29) is 0 Å². The number of hydrogen-bond acceptors (Lipinski definition) is 3. The maximum absolute atomic E-state index is 6.32. The zero-order valence-electron chi connectivity index (χ0n) is 23.2. The van der Waals surface area contributed by atoms with Gasteiger partial charge >= 0.3 is 0 Å². The third kappa shape index (κ3) is 3.79. The smallest absolute Gasteiger partial charge is 0.136 e. The lowest BCUT2D eigenvalue weighted by atomic mass is 9.93. The molecule has 0 aliphatic rings. The van der Waals surface area contributed by atoms with Gasteiger partial charge in [0.05, 0.1) is 5.69 Å². The van der Waals surface area contributed by atoms with Crippen LogP contribution in [0.1, 0.15) is 0 Å². The molecule has 202 valence electrons. The van der Waals surface area contributed by atoms with Gasteiger partial charge in [0.2, 0.25) is 0 Å². The molecule has 0 amide bonds. The van der Waals surface area contributed by atoms with E-state index in [0.717, 1.165) is 39.0 Å². The molecule has 9 aromatic rings. The Kier molecular flexibility index (Phi) is 5.40. The molecule has 2 aromatic heterocycles. The fourth-order valence-electron chi connectivity index (χ4n) is 6.57. The third-order valence-electron chi connectivity index (χ3n) is 8.45. The lowest BCUT2D eigenvalue weighted by Crippen LogP contribution is -2.11. The maximum atomic E-state index is 6.32. The zero-order chi connectivity index (χ0) is 28.3. The van der Waals surface area contributed by atoms with Crippen LogP contribution in [0.4, 0.5) is 17.1 Å². The van der Waals surface area contributed by atoms with E-state index in [9.17, 15) is 0 Å². The first kappa shape index (κ1) is 24.2. The van der Waals surface area contributed by atoms with Crippen LogP contribution in [0.5, 0.6) is 0 Å². The first-order valence-electron chi connectivity index (χ1n) is 14.5. The van der Waals surface area contributed by atoms with Gasteiger partial charge in [0.25, 0.3) is 0 Å². The van der Waals surface area contributed by atoms with Crippen LogP contribution >= 0.6 is 11.3 Å². The minimum Gasteiger partial charge on any atom is -0.456 e. The van der Waals surface area contributed by atoms with E-state index < -0.39 is 0 Å². The molecule has 2 nitrogen and oxygen atoms in total. The molecule has 9 rings (SSSR count). The second-order valence-corrected chi connectivity index (χ2v) is 12.0. The molecule has 0 aliphatic heterocycles. The van der Waals surface area contributed by atoms with Crippen LogP contribution in [0.3, 0.4) is 0 Å². The number of thiophene rings is 1. The molecule has 0 saturated heterocycles. The SMILES string of the molecule is c1ccc(N(c2ccc3c(c2)sc2ccccc23)c2ccccc2-c2cccc3ccc4oc5ccccc5c4c23)cc1. The molecule has 0 fully saturated rings. The van der Waals surface area contributed by atoms with Crippen molar-refractivity contribution in [3.05, 3.63) is 152 Å². The fourth-order valence-corrected chi connectivity index (χ4v) is 7.71. The summed E-state index contributed by atoms with van der Waals surface area (Å²) in [7, 11) is 0. The van der Waals surface area contributed by atoms with Gasteiger partial charge in [-0.3, -0.25) is 0 Å². The number of benzene rings is 7. The van der Waals surface area contributed by atoms with Crippen molar-refractivity contribution in [1.29, 1.82) is 0 Å². The quantitative estimate of drug-likeness (QED) is 0.210. The summed E-state index contributed by atoms with van der Waals surface area (Å²) in [6.45, 7) is 0. The van der Waals surface area contributed by atoms with Crippen LogP contribution in [0.2, 0.25) is 0 Å². The van der Waals surface area contributed by atoms with Gasteiger partial charge in [-0.25, -0.2) is 0 Å². The molecule has 0 atom stereocenters. The normalized spacial score (nSPS) is 11.7. The molecule has 3 heteroatoms. The van der Waals surface area contributed by atoms with Gasteiger partial charge in [0, 0.05) is 53.3 Å². The largest absolute Gasteiger partial charge is 0.456 e. The highest BCUT2D eigenvalue weighted by molar-refractivity contribution is 7.25. The Morgan fingerprint density at radius 1 is 0.442 bits per heavy atom. The van der Waals surface area contributed by atoms with Crippen LogP contribution in [0, 0.1) is 0 Å². The van der Waals surface area contributed by atoms with Crippen molar-refractivity contribution in [3.8, 4) is 11.1 Å². The Bertz CT molecular complexity index is 2470. The first-order valence-corrected chi connectivity index (χ1v) is 15.3. The highest BCUT2D eigenvalue weighted by Gasteiger charge is 2.21. The van der Waals surface area contributed by atoms with E-state index >= 15 is 0 Å². The Hall–Kier alpha value is -5.38. The van der Waals surface area contributed by atoms with Crippen LogP contribution in [0.25, 0.3) is 64.0 Å². The van der Waals surface area contributed by atoms with Crippen molar-refractivity contribution in [2.24, 2.45) is 0 Å². The summed E-state index contributed by atoms with van der Waals surface area (Å²) in [6.07, 6.45) is 0. The zero-order valence-corrected chi connectivity index (χ0v) is 24.0. The average molecular weight is 568 g/mol. The lowest BCUT2D eigenvalue weighted by molar-refractivity contribution is 0.669. The Labute approximate surface area is 252 Å². The number of para-hydroxylation sites is 3. The maximum Gasteiger partial charge on any atom is 0.136 e. The Morgan fingerprint density at radius 3 is 2.12 bits per heavy atom. The highest BCUT2D eigenvalue weighted by Crippen LogP contribution is 2.46. The molecule has 0 spiro atoms. The van der Waals surface area contributed by atoms with Gasteiger partial charge in [0.1, 0.15) is 11.2 Å². The molecule has 0 unspecified atom stereocenters. The van der Waals surface area contributed by atoms with Crippen LogP contribution in [0.15, 0.2) is 156 Å². The summed E-state index contributed by atoms with van der Waals surface area (Å²) < 4.78 is 8.92. The number of fused-ring (bicyclic) bond motifs is 8. The van der Waals surface area contributed by atoms with Crippen molar-refractivity contribution in [1.82, 2.24) is 0 Å². The molecule has 0 saturated carbocycles. The molecular formula is C40H25NOS. The molecule has 43 heavy (non-hydrogen) atoms. The predicted octanol–water partition coefficient (Wildman–Crippen LogP) is 12.2. The van der Waals surface area contributed by atoms with Gasteiger partial charge in [-0.05, 0) is 59.5 Å². The molecule has 0 radical (unpaired) electrons. The molecule has 7 aromatic carbocycles. The predicted molar refractivity (Wildman–Crippen MR) is 184 cm³/mol. The number of hydrogen-bond donors (Lipinski definition) is 0. The van der Waals surface area contributed by atoms with Gasteiger partial charge in [-0.15, -0.1) is 11.3 Å². The van der Waals surface area contributed by atoms with Gasteiger partial charge in [-0.2, -0.15) is 0 Å². The van der Waals surface area contributed by atoms with E-state index in [1.807, 2.05) is 17.4 Å². The second-order valence-electron chi connectivity index (χ2n) is 10.9. The minimum absolute atomic E-state index is 0.911. The number of rotatable bonds is 4. The monoisotopic (exact) mass is 567 g/mol. The third-order valence-corrected chi connectivity index (χ3v) is 9.59. The fraction of sp³-hybridized carbons (Fsp3) is 0. The standard InChI is InChI=1S/C40H25NOS/c1-2-12-27(13-3-1)41(28-22-23-31-30-15-6-9-20-37(30)43-38(31)25-28)34-18-7-4-14-29(34)32-17-10-11-26-21-24-36-40(39(26)32)33-16-5-8-19-35(33)42-36/h1-25H. The molecular weight excluding hydrogens is 543 g/mol. The Balaban J connectivity index is 1.33. The van der Waals surface area contributed by atoms with Gasteiger partial charge in [0.15, 0.2) is 0 Å². The van der Waals surface area contributed by atoms with Gasteiger partial charge in [-0.1, -0.05) is 103 Å². The Morgan fingerprint density at radius 2 is 1.19 bits per heavy atom. The summed E-state index contributed by atoms with van der Waals surface area (Å²) in [5.41, 5.74) is 7.57. The van der Waals surface area contributed by atoms with Crippen molar-refractivity contribution < 1.29 is 4.42 Å². The summed E-state index contributed by atoms with van der Waals surface area (Å²) in [6, 6.07) is 54.3. The molecule has 0 bridgehead atoms. The first-order chi connectivity index (χ1) is 21.3. The summed E-state index contributed by atoms with van der Waals surface area (Å²) in [4.78, 5) is 2.39. The van der Waals surface area contributed by atoms with Gasteiger partial charge < -0.3 is 9.32 Å². The second kappa shape index (κ2) is 9.59. The summed E-state index contributed by atoms with van der Waals surface area (Å²) in [5.74, 6) is 0. The van der Waals surface area contributed by atoms with E-state index in [1.165, 1.54) is 42.1 Å². The van der Waals surface area contributed by atoms with E-state index in [0.29, 0.717) is 0 Å². The van der Waals surface area contributed by atoms with Crippen LogP contribution in [-0.2, 0) is 0 Å². The summed E-state index contributed by atoms with van der Waals surface area (Å²) in [5, 5.41) is 7.33. The van der Waals surface area contributed by atoms with Crippen molar-refractivity contribution >= 4 is 81.3 Å². The van der Waals surface area contributed by atoms with Crippen LogP contribution < -0.4 is 4.90 Å². The van der Waals surface area contributed by atoms with E-state index in [4.69, 9.17) is 4.42 Å². The lowest BCUT2D eigenvalue weighted by Gasteiger charge is -2.28. The van der Waals surface area contributed by atoms with Crippen molar-refractivity contribution in [2.75, 3.05) is 4.90 Å². The molecule has 0 aliphatic carbocycles. The number of nitrogens with zero attached hydrogens (tertiary/aromatic N) is 1. The van der Waals surface area contributed by atoms with E-state index in [2.05, 4.69) is 150 Å². The molecule has 0 N–H and O–H groups in total. The molecule has 2 heterocycles. The highest BCUT2D eigenvalue weighted by atomic mass is 32.1.